The SMILES string of the molecule is Oc1ccccc1N1CCCC(CCCc2ccccn2)CC1. The van der Waals surface area contributed by atoms with Gasteiger partial charge in [-0.25, -0.2) is 0 Å². The minimum atomic E-state index is 0.404. The van der Waals surface area contributed by atoms with E-state index in [1.54, 1.807) is 6.07 Å². The summed E-state index contributed by atoms with van der Waals surface area (Å²) in [4.78, 5) is 6.75. The molecule has 2 heterocycles. The van der Waals surface area contributed by atoms with E-state index in [0.29, 0.717) is 5.75 Å². The molecule has 1 aliphatic rings. The van der Waals surface area contributed by atoms with Crippen molar-refractivity contribution < 1.29 is 5.11 Å². The van der Waals surface area contributed by atoms with Crippen molar-refractivity contribution in [3.63, 3.8) is 0 Å². The Morgan fingerprint density at radius 3 is 2.74 bits per heavy atom. The van der Waals surface area contributed by atoms with Crippen molar-refractivity contribution in [2.24, 2.45) is 5.92 Å². The van der Waals surface area contributed by atoms with E-state index < -0.39 is 0 Å². The van der Waals surface area contributed by atoms with Gasteiger partial charge in [-0.3, -0.25) is 4.98 Å². The first-order chi connectivity index (χ1) is 11.3. The highest BCUT2D eigenvalue weighted by molar-refractivity contribution is 5.57. The van der Waals surface area contributed by atoms with Gasteiger partial charge in [-0.1, -0.05) is 24.6 Å². The summed E-state index contributed by atoms with van der Waals surface area (Å²) in [7, 11) is 0. The fraction of sp³-hybridized carbons (Fsp3) is 0.450. The zero-order valence-corrected chi connectivity index (χ0v) is 13.7. The molecule has 1 fully saturated rings. The lowest BCUT2D eigenvalue weighted by Crippen LogP contribution is -2.24. The molecule has 3 rings (SSSR count). The van der Waals surface area contributed by atoms with E-state index >= 15 is 0 Å². The highest BCUT2D eigenvalue weighted by Gasteiger charge is 2.18. The number of anilines is 1. The van der Waals surface area contributed by atoms with Gasteiger partial charge < -0.3 is 10.0 Å². The Morgan fingerprint density at radius 2 is 1.91 bits per heavy atom. The molecule has 0 radical (unpaired) electrons. The summed E-state index contributed by atoms with van der Waals surface area (Å²) in [6.07, 6.45) is 9.20. The van der Waals surface area contributed by atoms with Gasteiger partial charge >= 0.3 is 0 Å². The van der Waals surface area contributed by atoms with Crippen molar-refractivity contribution >= 4 is 5.69 Å². The maximum absolute atomic E-state index is 10.0. The zero-order valence-electron chi connectivity index (χ0n) is 13.7. The summed E-state index contributed by atoms with van der Waals surface area (Å²) in [5, 5.41) is 10.0. The number of hydrogen-bond donors (Lipinski definition) is 1. The number of pyridine rings is 1. The van der Waals surface area contributed by atoms with Gasteiger partial charge in [0.2, 0.25) is 0 Å². The van der Waals surface area contributed by atoms with Gasteiger partial charge in [-0.15, -0.1) is 0 Å². The molecule has 23 heavy (non-hydrogen) atoms. The maximum Gasteiger partial charge on any atom is 0.138 e. The quantitative estimate of drug-likeness (QED) is 0.888. The third-order valence-corrected chi connectivity index (χ3v) is 4.84. The molecule has 122 valence electrons. The van der Waals surface area contributed by atoms with Gasteiger partial charge in [0.25, 0.3) is 0 Å². The lowest BCUT2D eigenvalue weighted by molar-refractivity contribution is 0.425. The molecule has 3 nitrogen and oxygen atoms in total. The van der Waals surface area contributed by atoms with E-state index in [1.807, 2.05) is 30.5 Å². The van der Waals surface area contributed by atoms with Crippen LogP contribution < -0.4 is 4.90 Å². The van der Waals surface area contributed by atoms with Crippen LogP contribution in [0.15, 0.2) is 48.7 Å². The highest BCUT2D eigenvalue weighted by Crippen LogP contribution is 2.30. The number of phenolic OH excluding ortho intramolecular Hbond substituents is 1. The molecule has 0 amide bonds. The average molecular weight is 310 g/mol. The van der Waals surface area contributed by atoms with Crippen molar-refractivity contribution in [2.45, 2.75) is 38.5 Å². The Hall–Kier alpha value is -2.03. The number of hydrogen-bond acceptors (Lipinski definition) is 3. The Labute approximate surface area is 139 Å². The predicted molar refractivity (Wildman–Crippen MR) is 94.8 cm³/mol. The zero-order chi connectivity index (χ0) is 15.9. The molecule has 1 atom stereocenters. The molecule has 0 bridgehead atoms. The van der Waals surface area contributed by atoms with Crippen LogP contribution in [0.1, 0.15) is 37.8 Å². The van der Waals surface area contributed by atoms with E-state index in [-0.39, 0.29) is 0 Å². The highest BCUT2D eigenvalue weighted by atomic mass is 16.3. The Kier molecular flexibility index (Phi) is 5.51. The molecule has 2 aromatic rings. The Morgan fingerprint density at radius 1 is 1.04 bits per heavy atom. The summed E-state index contributed by atoms with van der Waals surface area (Å²) < 4.78 is 0. The van der Waals surface area contributed by atoms with Gasteiger partial charge in [-0.2, -0.15) is 0 Å². The van der Waals surface area contributed by atoms with Crippen LogP contribution in [0, 0.1) is 5.92 Å². The first kappa shape index (κ1) is 15.9. The molecule has 1 saturated heterocycles. The van der Waals surface area contributed by atoms with E-state index in [1.165, 1.54) is 37.8 Å². The normalized spacial score (nSPS) is 18.6. The molecular formula is C20H26N2O. The molecule has 1 unspecified atom stereocenters. The average Bonchev–Trinajstić information content (AvgIpc) is 2.82. The number of phenols is 1. The number of benzene rings is 1. The van der Waals surface area contributed by atoms with E-state index in [4.69, 9.17) is 0 Å². The van der Waals surface area contributed by atoms with E-state index in [0.717, 1.165) is 31.1 Å². The fourth-order valence-electron chi connectivity index (χ4n) is 3.54. The topological polar surface area (TPSA) is 36.4 Å². The number of nitrogens with zero attached hydrogens (tertiary/aromatic N) is 2. The van der Waals surface area contributed by atoms with Gasteiger partial charge in [0.1, 0.15) is 5.75 Å². The van der Waals surface area contributed by atoms with Crippen LogP contribution in [0.2, 0.25) is 0 Å². The first-order valence-electron chi connectivity index (χ1n) is 8.76. The lowest BCUT2D eigenvalue weighted by atomic mass is 9.94. The first-order valence-corrected chi connectivity index (χ1v) is 8.76. The van der Waals surface area contributed by atoms with Gasteiger partial charge in [0, 0.05) is 25.0 Å². The van der Waals surface area contributed by atoms with Crippen molar-refractivity contribution in [3.8, 4) is 5.75 Å². The summed E-state index contributed by atoms with van der Waals surface area (Å²) in [6, 6.07) is 13.9. The monoisotopic (exact) mass is 310 g/mol. The molecular weight excluding hydrogens is 284 g/mol. The third-order valence-electron chi connectivity index (χ3n) is 4.84. The summed E-state index contributed by atoms with van der Waals surface area (Å²) in [5.41, 5.74) is 2.19. The van der Waals surface area contributed by atoms with Crippen LogP contribution in [-0.4, -0.2) is 23.2 Å². The number of aryl methyl sites for hydroxylation is 1. The fourth-order valence-corrected chi connectivity index (χ4v) is 3.54. The van der Waals surface area contributed by atoms with Crippen molar-refractivity contribution in [3.05, 3.63) is 54.4 Å². The molecule has 0 saturated carbocycles. The Balaban J connectivity index is 1.48. The van der Waals surface area contributed by atoms with Gasteiger partial charge in [0.05, 0.1) is 5.69 Å². The van der Waals surface area contributed by atoms with Crippen LogP contribution in [0.4, 0.5) is 5.69 Å². The molecule has 1 aliphatic heterocycles. The maximum atomic E-state index is 10.0. The van der Waals surface area contributed by atoms with Crippen molar-refractivity contribution in [2.75, 3.05) is 18.0 Å². The molecule has 0 spiro atoms. The van der Waals surface area contributed by atoms with Crippen molar-refractivity contribution in [1.29, 1.82) is 0 Å². The lowest BCUT2D eigenvalue weighted by Gasteiger charge is -2.23. The van der Waals surface area contributed by atoms with Crippen LogP contribution in [-0.2, 0) is 6.42 Å². The third kappa shape index (κ3) is 4.47. The van der Waals surface area contributed by atoms with Crippen LogP contribution >= 0.6 is 0 Å². The minimum Gasteiger partial charge on any atom is -0.506 e. The number of aromatic hydroxyl groups is 1. The molecule has 1 aromatic heterocycles. The van der Waals surface area contributed by atoms with E-state index in [2.05, 4.69) is 22.0 Å². The number of rotatable bonds is 5. The molecule has 0 aliphatic carbocycles. The van der Waals surface area contributed by atoms with Gasteiger partial charge in [0.15, 0.2) is 0 Å². The second-order valence-electron chi connectivity index (χ2n) is 6.49. The van der Waals surface area contributed by atoms with Crippen LogP contribution in [0.5, 0.6) is 5.75 Å². The number of aromatic nitrogens is 1. The largest absolute Gasteiger partial charge is 0.506 e. The van der Waals surface area contributed by atoms with Gasteiger partial charge in [-0.05, 0) is 62.3 Å². The molecule has 1 N–H and O–H groups in total. The van der Waals surface area contributed by atoms with Crippen LogP contribution in [0.25, 0.3) is 0 Å². The Bertz CT molecular complexity index is 600. The minimum absolute atomic E-state index is 0.404. The standard InChI is InChI=1S/C20H26N2O/c23-20-12-2-1-11-19(20)22-15-6-8-17(13-16-22)7-5-10-18-9-3-4-14-21-18/h1-4,9,11-12,14,17,23H,5-8,10,13,15-16H2. The van der Waals surface area contributed by atoms with E-state index in [9.17, 15) is 5.11 Å². The smallest absolute Gasteiger partial charge is 0.138 e. The van der Waals surface area contributed by atoms with Crippen molar-refractivity contribution in [1.82, 2.24) is 4.98 Å². The second kappa shape index (κ2) is 8.00. The predicted octanol–water partition coefficient (Wildman–Crippen LogP) is 4.42. The molecule has 3 heteroatoms. The second-order valence-corrected chi connectivity index (χ2v) is 6.49. The summed E-state index contributed by atoms with van der Waals surface area (Å²) in [6.45, 7) is 2.10. The molecule has 1 aromatic carbocycles. The summed E-state index contributed by atoms with van der Waals surface area (Å²) >= 11 is 0. The van der Waals surface area contributed by atoms with Crippen LogP contribution in [0.3, 0.4) is 0 Å². The number of para-hydroxylation sites is 2. The summed E-state index contributed by atoms with van der Waals surface area (Å²) in [5.74, 6) is 1.20.